The number of nitrogens with zero attached hydrogens (tertiary/aromatic N) is 3. The van der Waals surface area contributed by atoms with Crippen LogP contribution in [-0.2, 0) is 13.6 Å². The molecule has 0 amide bonds. The molecule has 0 bridgehead atoms. The van der Waals surface area contributed by atoms with Crippen LogP contribution in [0.15, 0.2) is 30.5 Å². The van der Waals surface area contributed by atoms with Crippen LogP contribution in [0.3, 0.4) is 0 Å². The average Bonchev–Trinajstić information content (AvgIpc) is 2.73. The third-order valence-corrected chi connectivity index (χ3v) is 2.86. The Morgan fingerprint density at radius 3 is 2.65 bits per heavy atom. The van der Waals surface area contributed by atoms with Crippen LogP contribution in [0, 0.1) is 0 Å². The van der Waals surface area contributed by atoms with E-state index >= 15 is 0 Å². The molecule has 0 saturated carbocycles. The fourth-order valence-electron chi connectivity index (χ4n) is 1.60. The smallest absolute Gasteiger partial charge is 0.0964 e. The van der Waals surface area contributed by atoms with Crippen molar-refractivity contribution in [1.82, 2.24) is 20.3 Å². The lowest BCUT2D eigenvalue weighted by Crippen LogP contribution is -2.18. The van der Waals surface area contributed by atoms with Crippen LogP contribution in [-0.4, -0.2) is 15.0 Å². The minimum absolute atomic E-state index is 0.259. The molecule has 17 heavy (non-hydrogen) atoms. The number of halogens is 1. The first-order valence-electron chi connectivity index (χ1n) is 5.49. The average molecular weight is 251 g/mol. The Kier molecular flexibility index (Phi) is 3.76. The third-order valence-electron chi connectivity index (χ3n) is 2.61. The van der Waals surface area contributed by atoms with Gasteiger partial charge in [-0.3, -0.25) is 4.68 Å². The molecule has 0 saturated heterocycles. The molecular formula is C12H15ClN4. The fourth-order valence-corrected chi connectivity index (χ4v) is 1.73. The van der Waals surface area contributed by atoms with Crippen molar-refractivity contribution in [3.63, 3.8) is 0 Å². The van der Waals surface area contributed by atoms with E-state index in [1.165, 1.54) is 5.56 Å². The lowest BCUT2D eigenvalue weighted by atomic mass is 10.1. The molecule has 5 heteroatoms. The highest BCUT2D eigenvalue weighted by Crippen LogP contribution is 2.16. The highest BCUT2D eigenvalue weighted by molar-refractivity contribution is 6.30. The second-order valence-corrected chi connectivity index (χ2v) is 4.47. The standard InChI is InChI=1S/C12H15ClN4/c1-9(10-3-5-11(13)6-4-10)14-7-12-8-17(2)16-15-12/h3-6,8-9,14H,7H2,1-2H3/t9-/m0/s1. The molecule has 0 aliphatic rings. The van der Waals surface area contributed by atoms with E-state index < -0.39 is 0 Å². The van der Waals surface area contributed by atoms with Crippen molar-refractivity contribution < 1.29 is 0 Å². The van der Waals surface area contributed by atoms with E-state index in [2.05, 4.69) is 22.6 Å². The monoisotopic (exact) mass is 250 g/mol. The molecule has 1 N–H and O–H groups in total. The first kappa shape index (κ1) is 12.1. The number of nitrogens with one attached hydrogen (secondary N) is 1. The van der Waals surface area contributed by atoms with Crippen LogP contribution in [0.4, 0.5) is 0 Å². The summed E-state index contributed by atoms with van der Waals surface area (Å²) in [5.74, 6) is 0. The molecule has 90 valence electrons. The number of hydrogen-bond acceptors (Lipinski definition) is 3. The summed E-state index contributed by atoms with van der Waals surface area (Å²) in [6, 6.07) is 8.11. The summed E-state index contributed by atoms with van der Waals surface area (Å²) < 4.78 is 1.70. The Morgan fingerprint density at radius 1 is 1.35 bits per heavy atom. The van der Waals surface area contributed by atoms with Gasteiger partial charge in [-0.25, -0.2) is 0 Å². The highest BCUT2D eigenvalue weighted by Gasteiger charge is 2.05. The van der Waals surface area contributed by atoms with Crippen LogP contribution >= 0.6 is 11.6 Å². The molecule has 2 rings (SSSR count). The zero-order valence-corrected chi connectivity index (χ0v) is 10.6. The van der Waals surface area contributed by atoms with Gasteiger partial charge in [0.05, 0.1) is 5.69 Å². The van der Waals surface area contributed by atoms with Crippen LogP contribution in [0.2, 0.25) is 5.02 Å². The number of aromatic nitrogens is 3. The van der Waals surface area contributed by atoms with E-state index in [-0.39, 0.29) is 6.04 Å². The summed E-state index contributed by atoms with van der Waals surface area (Å²) >= 11 is 5.85. The lowest BCUT2D eigenvalue weighted by Gasteiger charge is -2.13. The van der Waals surface area contributed by atoms with E-state index in [9.17, 15) is 0 Å². The summed E-state index contributed by atoms with van der Waals surface area (Å²) in [5, 5.41) is 12.1. The van der Waals surface area contributed by atoms with Gasteiger partial charge in [0, 0.05) is 30.9 Å². The van der Waals surface area contributed by atoms with Gasteiger partial charge in [-0.15, -0.1) is 5.10 Å². The van der Waals surface area contributed by atoms with Gasteiger partial charge in [-0.05, 0) is 24.6 Å². The van der Waals surface area contributed by atoms with Gasteiger partial charge in [-0.2, -0.15) is 0 Å². The summed E-state index contributed by atoms with van der Waals surface area (Å²) in [6.45, 7) is 2.82. The molecule has 2 aromatic rings. The summed E-state index contributed by atoms with van der Waals surface area (Å²) in [6.07, 6.45) is 1.90. The Hall–Kier alpha value is -1.39. The minimum atomic E-state index is 0.259. The van der Waals surface area contributed by atoms with Gasteiger partial charge in [0.15, 0.2) is 0 Å². The molecule has 0 aliphatic heterocycles. The van der Waals surface area contributed by atoms with E-state index in [4.69, 9.17) is 11.6 Å². The third kappa shape index (κ3) is 3.28. The first-order chi connectivity index (χ1) is 8.15. The zero-order chi connectivity index (χ0) is 12.3. The maximum atomic E-state index is 5.85. The van der Waals surface area contributed by atoms with E-state index in [0.717, 1.165) is 10.7 Å². The molecule has 1 atom stereocenters. The number of rotatable bonds is 4. The lowest BCUT2D eigenvalue weighted by molar-refractivity contribution is 0.567. The SMILES string of the molecule is C[C@H](NCc1cn(C)nn1)c1ccc(Cl)cc1. The van der Waals surface area contributed by atoms with Crippen molar-refractivity contribution >= 4 is 11.6 Å². The van der Waals surface area contributed by atoms with Crippen molar-refractivity contribution in [2.75, 3.05) is 0 Å². The molecule has 0 spiro atoms. The quantitative estimate of drug-likeness (QED) is 0.906. The Balaban J connectivity index is 1.93. The molecule has 4 nitrogen and oxygen atoms in total. The van der Waals surface area contributed by atoms with E-state index in [1.54, 1.807) is 4.68 Å². The van der Waals surface area contributed by atoms with Crippen molar-refractivity contribution in [3.05, 3.63) is 46.7 Å². The van der Waals surface area contributed by atoms with Gasteiger partial charge in [0.2, 0.25) is 0 Å². The Morgan fingerprint density at radius 2 is 2.06 bits per heavy atom. The van der Waals surface area contributed by atoms with Gasteiger partial charge >= 0.3 is 0 Å². The summed E-state index contributed by atoms with van der Waals surface area (Å²) in [4.78, 5) is 0. The largest absolute Gasteiger partial charge is 0.304 e. The van der Waals surface area contributed by atoms with Crippen molar-refractivity contribution in [3.8, 4) is 0 Å². The second kappa shape index (κ2) is 5.29. The molecule has 0 radical (unpaired) electrons. The minimum Gasteiger partial charge on any atom is -0.304 e. The number of aryl methyl sites for hydroxylation is 1. The van der Waals surface area contributed by atoms with E-state index in [1.807, 2.05) is 37.5 Å². The summed E-state index contributed by atoms with van der Waals surface area (Å²) in [5.41, 5.74) is 2.15. The van der Waals surface area contributed by atoms with Crippen LogP contribution in [0.1, 0.15) is 24.2 Å². The van der Waals surface area contributed by atoms with Gasteiger partial charge in [0.1, 0.15) is 0 Å². The van der Waals surface area contributed by atoms with Gasteiger partial charge in [-0.1, -0.05) is 28.9 Å². The molecule has 0 unspecified atom stereocenters. The predicted molar refractivity (Wildman–Crippen MR) is 67.7 cm³/mol. The van der Waals surface area contributed by atoms with Crippen molar-refractivity contribution in [2.45, 2.75) is 19.5 Å². The molecule has 1 heterocycles. The van der Waals surface area contributed by atoms with Crippen molar-refractivity contribution in [1.29, 1.82) is 0 Å². The maximum absolute atomic E-state index is 5.85. The van der Waals surface area contributed by atoms with Gasteiger partial charge < -0.3 is 5.32 Å². The van der Waals surface area contributed by atoms with Crippen LogP contribution < -0.4 is 5.32 Å². The van der Waals surface area contributed by atoms with Crippen LogP contribution in [0.5, 0.6) is 0 Å². The maximum Gasteiger partial charge on any atom is 0.0964 e. The molecule has 0 aliphatic carbocycles. The predicted octanol–water partition coefficient (Wildman–Crippen LogP) is 2.32. The topological polar surface area (TPSA) is 42.7 Å². The van der Waals surface area contributed by atoms with Crippen LogP contribution in [0.25, 0.3) is 0 Å². The Bertz CT molecular complexity index is 478. The van der Waals surface area contributed by atoms with Crippen molar-refractivity contribution in [2.24, 2.45) is 7.05 Å². The van der Waals surface area contributed by atoms with Gasteiger partial charge in [0.25, 0.3) is 0 Å². The highest BCUT2D eigenvalue weighted by atomic mass is 35.5. The second-order valence-electron chi connectivity index (χ2n) is 4.04. The Labute approximate surface area is 106 Å². The first-order valence-corrected chi connectivity index (χ1v) is 5.87. The van der Waals surface area contributed by atoms with E-state index in [0.29, 0.717) is 6.54 Å². The zero-order valence-electron chi connectivity index (χ0n) is 9.89. The molecule has 0 fully saturated rings. The summed E-state index contributed by atoms with van der Waals surface area (Å²) in [7, 11) is 1.86. The molecule has 1 aromatic carbocycles. The fraction of sp³-hybridized carbons (Fsp3) is 0.333. The normalized spacial score (nSPS) is 12.6. The molecule has 1 aromatic heterocycles. The number of hydrogen-bond donors (Lipinski definition) is 1. The number of benzene rings is 1. The molecular weight excluding hydrogens is 236 g/mol.